The van der Waals surface area contributed by atoms with Crippen LogP contribution in [0.25, 0.3) is 6.08 Å². The summed E-state index contributed by atoms with van der Waals surface area (Å²) < 4.78 is 12.6. The second-order valence-corrected chi connectivity index (χ2v) is 12.9. The highest BCUT2D eigenvalue weighted by molar-refractivity contribution is 14.1. The van der Waals surface area contributed by atoms with Crippen LogP contribution in [0.15, 0.2) is 82.7 Å². The second-order valence-electron chi connectivity index (χ2n) is 9.46. The number of ether oxygens (including phenoxy) is 2. The molecule has 0 radical (unpaired) electrons. The first-order valence-corrected chi connectivity index (χ1v) is 15.8. The highest BCUT2D eigenvalue weighted by Crippen LogP contribution is 2.41. The number of halogens is 4. The zero-order chi connectivity index (χ0) is 30.0. The number of amides is 1. The fourth-order valence-corrected chi connectivity index (χ4v) is 6.37. The van der Waals surface area contributed by atoms with Crippen LogP contribution in [-0.4, -0.2) is 18.2 Å². The minimum Gasteiger partial charge on any atom is -0.493 e. The monoisotopic (exact) mass is 748 g/mol. The molecule has 5 rings (SSSR count). The molecule has 5 nitrogen and oxygen atoms in total. The Morgan fingerprint density at radius 1 is 0.929 bits per heavy atom. The topological polar surface area (TPSA) is 51.1 Å². The van der Waals surface area contributed by atoms with E-state index < -0.39 is 0 Å². The van der Waals surface area contributed by atoms with Gasteiger partial charge in [0.05, 0.1) is 27.0 Å². The fourth-order valence-electron chi connectivity index (χ4n) is 4.11. The van der Waals surface area contributed by atoms with Crippen LogP contribution in [0.1, 0.15) is 22.3 Å². The summed E-state index contributed by atoms with van der Waals surface area (Å²) in [6.07, 6.45) is 1.83. The quantitative estimate of drug-likeness (QED) is 0.139. The molecule has 1 amide bonds. The van der Waals surface area contributed by atoms with Crippen LogP contribution in [0.4, 0.5) is 11.4 Å². The minimum absolute atomic E-state index is 0.214. The molecule has 4 aromatic carbocycles. The van der Waals surface area contributed by atoms with E-state index in [1.807, 2.05) is 80.6 Å². The molecule has 1 aliphatic heterocycles. The number of benzene rings is 4. The lowest BCUT2D eigenvalue weighted by atomic mass is 10.1. The van der Waals surface area contributed by atoms with E-state index in [-0.39, 0.29) is 5.91 Å². The number of carbonyl (C=O) groups is 1. The van der Waals surface area contributed by atoms with Crippen molar-refractivity contribution in [2.45, 2.75) is 20.5 Å². The van der Waals surface area contributed by atoms with Crippen LogP contribution in [0.2, 0.25) is 15.1 Å². The molecule has 42 heavy (non-hydrogen) atoms. The van der Waals surface area contributed by atoms with E-state index in [2.05, 4.69) is 22.6 Å². The van der Waals surface area contributed by atoms with Crippen molar-refractivity contribution >= 4 is 97.7 Å². The third-order valence-electron chi connectivity index (χ3n) is 6.45. The summed E-state index contributed by atoms with van der Waals surface area (Å²) in [5.41, 5.74) is 4.90. The first kappa shape index (κ1) is 30.8. The van der Waals surface area contributed by atoms with E-state index in [4.69, 9.17) is 49.3 Å². The lowest BCUT2D eigenvalue weighted by Crippen LogP contribution is -2.28. The molecule has 0 aromatic heterocycles. The summed E-state index contributed by atoms with van der Waals surface area (Å²) in [6.45, 7) is 4.20. The van der Waals surface area contributed by atoms with Gasteiger partial charge in [0, 0.05) is 15.1 Å². The van der Waals surface area contributed by atoms with Gasteiger partial charge in [-0.2, -0.15) is 0 Å². The van der Waals surface area contributed by atoms with Crippen LogP contribution in [0.5, 0.6) is 11.5 Å². The Morgan fingerprint density at radius 2 is 1.62 bits per heavy atom. The first-order chi connectivity index (χ1) is 20.1. The number of amidine groups is 1. The van der Waals surface area contributed by atoms with E-state index in [1.54, 1.807) is 24.1 Å². The molecule has 0 saturated carbocycles. The molecule has 0 N–H and O–H groups in total. The number of nitrogens with zero attached hydrogens (tertiary/aromatic N) is 2. The standard InChI is InChI=1S/C32H24Cl3IN2O3S/c1-18-4-10-23(15-25(18)34)37-32-38(24-11-5-19(2)26(35)16-24)31(39)29(42-32)14-21-12-27(36)30(28(13-21)40-3)41-17-20-6-8-22(33)9-7-20/h4-16H,17H2,1-3H3/b29-14+,37-32?. The van der Waals surface area contributed by atoms with Gasteiger partial charge in [0.1, 0.15) is 6.61 Å². The van der Waals surface area contributed by atoms with E-state index in [0.29, 0.717) is 54.6 Å². The number of rotatable bonds is 7. The third kappa shape index (κ3) is 6.92. The van der Waals surface area contributed by atoms with E-state index in [0.717, 1.165) is 25.8 Å². The predicted octanol–water partition coefficient (Wildman–Crippen LogP) is 10.3. The van der Waals surface area contributed by atoms with Crippen molar-refractivity contribution in [2.75, 3.05) is 12.0 Å². The molecule has 0 unspecified atom stereocenters. The molecule has 1 heterocycles. The van der Waals surface area contributed by atoms with Gasteiger partial charge in [-0.1, -0.05) is 59.1 Å². The SMILES string of the molecule is COc1cc(/C=C2/SC(=Nc3ccc(C)c(Cl)c3)N(c3ccc(C)c(Cl)c3)C2=O)cc(I)c1OCc1ccc(Cl)cc1. The van der Waals surface area contributed by atoms with Crippen LogP contribution >= 0.6 is 69.2 Å². The molecule has 1 saturated heterocycles. The third-order valence-corrected chi connectivity index (χ3v) is 9.28. The largest absolute Gasteiger partial charge is 0.493 e. The summed E-state index contributed by atoms with van der Waals surface area (Å²) in [5.74, 6) is 0.965. The number of carbonyl (C=O) groups excluding carboxylic acids is 1. The maximum Gasteiger partial charge on any atom is 0.271 e. The number of aryl methyl sites for hydroxylation is 2. The average Bonchev–Trinajstić information content (AvgIpc) is 3.26. The van der Waals surface area contributed by atoms with Crippen LogP contribution in [0.3, 0.4) is 0 Å². The molecule has 1 aliphatic rings. The van der Waals surface area contributed by atoms with Crippen LogP contribution in [-0.2, 0) is 11.4 Å². The summed E-state index contributed by atoms with van der Waals surface area (Å²) >= 11 is 22.3. The maximum absolute atomic E-state index is 13.8. The van der Waals surface area contributed by atoms with Crippen molar-refractivity contribution in [2.24, 2.45) is 4.99 Å². The van der Waals surface area contributed by atoms with Crippen LogP contribution in [0, 0.1) is 17.4 Å². The van der Waals surface area contributed by atoms with E-state index in [9.17, 15) is 4.79 Å². The van der Waals surface area contributed by atoms with Gasteiger partial charge in [-0.25, -0.2) is 4.99 Å². The highest BCUT2D eigenvalue weighted by atomic mass is 127. The predicted molar refractivity (Wildman–Crippen MR) is 184 cm³/mol. The number of anilines is 1. The Morgan fingerprint density at radius 3 is 2.29 bits per heavy atom. The molecule has 10 heteroatoms. The number of methoxy groups -OCH3 is 1. The van der Waals surface area contributed by atoms with Gasteiger partial charge in [-0.3, -0.25) is 9.69 Å². The Hall–Kier alpha value is -2.69. The molecule has 4 aromatic rings. The molecule has 1 fully saturated rings. The summed E-state index contributed by atoms with van der Waals surface area (Å²) in [6, 6.07) is 22.4. The highest BCUT2D eigenvalue weighted by Gasteiger charge is 2.35. The number of aliphatic imine (C=N–C) groups is 1. The Bertz CT molecular complexity index is 1740. The Balaban J connectivity index is 1.49. The van der Waals surface area contributed by atoms with Gasteiger partial charge in [0.15, 0.2) is 16.7 Å². The normalized spacial score (nSPS) is 15.1. The van der Waals surface area contributed by atoms with Crippen molar-refractivity contribution in [3.8, 4) is 11.5 Å². The summed E-state index contributed by atoms with van der Waals surface area (Å²) in [7, 11) is 1.59. The Kier molecular flexibility index (Phi) is 9.74. The van der Waals surface area contributed by atoms with Gasteiger partial charge in [0.2, 0.25) is 0 Å². The summed E-state index contributed by atoms with van der Waals surface area (Å²) in [4.78, 5) is 20.7. The first-order valence-electron chi connectivity index (χ1n) is 12.7. The van der Waals surface area contributed by atoms with Gasteiger partial charge in [0.25, 0.3) is 5.91 Å². The zero-order valence-electron chi connectivity index (χ0n) is 22.8. The van der Waals surface area contributed by atoms with Crippen molar-refractivity contribution in [3.05, 3.63) is 119 Å². The molecule has 0 atom stereocenters. The maximum atomic E-state index is 13.8. The average molecular weight is 750 g/mol. The lowest BCUT2D eigenvalue weighted by Gasteiger charge is -2.17. The molecule has 0 bridgehead atoms. The van der Waals surface area contributed by atoms with Crippen molar-refractivity contribution in [1.82, 2.24) is 0 Å². The molecule has 214 valence electrons. The second kappa shape index (κ2) is 13.3. The Labute approximate surface area is 277 Å². The van der Waals surface area contributed by atoms with Crippen LogP contribution < -0.4 is 14.4 Å². The van der Waals surface area contributed by atoms with Gasteiger partial charge >= 0.3 is 0 Å². The van der Waals surface area contributed by atoms with E-state index in [1.165, 1.54) is 11.8 Å². The lowest BCUT2D eigenvalue weighted by molar-refractivity contribution is -0.113. The summed E-state index contributed by atoms with van der Waals surface area (Å²) in [5, 5.41) is 2.33. The molecule has 0 spiro atoms. The van der Waals surface area contributed by atoms with E-state index >= 15 is 0 Å². The molecular weight excluding hydrogens is 726 g/mol. The number of hydrogen-bond acceptors (Lipinski definition) is 5. The zero-order valence-corrected chi connectivity index (χ0v) is 28.0. The van der Waals surface area contributed by atoms with Crippen molar-refractivity contribution in [3.63, 3.8) is 0 Å². The van der Waals surface area contributed by atoms with Gasteiger partial charge in [-0.15, -0.1) is 0 Å². The molecule has 0 aliphatic carbocycles. The number of hydrogen-bond donors (Lipinski definition) is 0. The van der Waals surface area contributed by atoms with Gasteiger partial charge < -0.3 is 9.47 Å². The smallest absolute Gasteiger partial charge is 0.271 e. The van der Waals surface area contributed by atoms with Crippen molar-refractivity contribution in [1.29, 1.82) is 0 Å². The minimum atomic E-state index is -0.214. The molecular formula is C32H24Cl3IN2O3S. The number of thioether (sulfide) groups is 1. The van der Waals surface area contributed by atoms with Crippen molar-refractivity contribution < 1.29 is 14.3 Å². The van der Waals surface area contributed by atoms with Gasteiger partial charge in [-0.05, 0) is 125 Å². The fraction of sp³-hybridized carbons (Fsp3) is 0.125.